The highest BCUT2D eigenvalue weighted by atomic mass is 16.6. The maximum absolute atomic E-state index is 11.7. The molecule has 0 radical (unpaired) electrons. The first-order valence-electron chi connectivity index (χ1n) is 6.00. The third-order valence-electron chi connectivity index (χ3n) is 2.57. The van der Waals surface area contributed by atoms with Gasteiger partial charge in [-0.1, -0.05) is 50.8 Å². The lowest BCUT2D eigenvalue weighted by molar-refractivity contribution is -0.153. The van der Waals surface area contributed by atoms with E-state index in [2.05, 4.69) is 11.3 Å². The number of methoxy groups -OCH3 is 1. The van der Waals surface area contributed by atoms with Crippen molar-refractivity contribution < 1.29 is 19.1 Å². The summed E-state index contributed by atoms with van der Waals surface area (Å²) in [6.45, 7) is 7.12. The van der Waals surface area contributed by atoms with Gasteiger partial charge in [-0.15, -0.1) is 0 Å². The average molecular weight is 262 g/mol. The number of carbonyl (C=O) groups is 2. The Morgan fingerprint density at radius 2 is 1.74 bits per heavy atom. The van der Waals surface area contributed by atoms with Crippen LogP contribution in [-0.4, -0.2) is 19.0 Å². The first-order valence-corrected chi connectivity index (χ1v) is 6.00. The van der Waals surface area contributed by atoms with Gasteiger partial charge in [0.2, 0.25) is 0 Å². The highest BCUT2D eigenvalue weighted by Gasteiger charge is 2.26. The summed E-state index contributed by atoms with van der Waals surface area (Å²) < 4.78 is 9.97. The van der Waals surface area contributed by atoms with Crippen molar-refractivity contribution in [3.63, 3.8) is 0 Å². The second-order valence-corrected chi connectivity index (χ2v) is 4.40. The molecular formula is C15H18O4. The van der Waals surface area contributed by atoms with Crippen LogP contribution in [0.2, 0.25) is 0 Å². The molecule has 0 saturated heterocycles. The third-order valence-corrected chi connectivity index (χ3v) is 2.57. The maximum Gasteiger partial charge on any atom is 0.337 e. The molecule has 0 heterocycles. The molecule has 0 unspecified atom stereocenters. The van der Waals surface area contributed by atoms with Crippen molar-refractivity contribution in [2.24, 2.45) is 5.92 Å². The lowest BCUT2D eigenvalue weighted by Gasteiger charge is -2.20. The molecular weight excluding hydrogens is 244 g/mol. The molecule has 0 saturated carbocycles. The van der Waals surface area contributed by atoms with Gasteiger partial charge in [0.25, 0.3) is 0 Å². The highest BCUT2D eigenvalue weighted by molar-refractivity contribution is 5.89. The van der Waals surface area contributed by atoms with Crippen LogP contribution in [0.3, 0.4) is 0 Å². The zero-order valence-electron chi connectivity index (χ0n) is 11.4. The van der Waals surface area contributed by atoms with E-state index in [4.69, 9.17) is 4.74 Å². The molecule has 1 aromatic carbocycles. The predicted octanol–water partition coefficient (Wildman–Crippen LogP) is 2.66. The summed E-state index contributed by atoms with van der Waals surface area (Å²) >= 11 is 0. The fourth-order valence-corrected chi connectivity index (χ4v) is 1.46. The Labute approximate surface area is 113 Å². The van der Waals surface area contributed by atoms with Gasteiger partial charge in [0.1, 0.15) is 0 Å². The number of benzene rings is 1. The number of esters is 2. The van der Waals surface area contributed by atoms with Crippen molar-refractivity contribution in [1.82, 2.24) is 0 Å². The monoisotopic (exact) mass is 262 g/mol. The zero-order valence-corrected chi connectivity index (χ0v) is 11.4. The van der Waals surface area contributed by atoms with Crippen LogP contribution in [0, 0.1) is 5.92 Å². The Hall–Kier alpha value is -2.10. The van der Waals surface area contributed by atoms with E-state index in [9.17, 15) is 9.59 Å². The van der Waals surface area contributed by atoms with Crippen LogP contribution in [0.4, 0.5) is 0 Å². The van der Waals surface area contributed by atoms with E-state index >= 15 is 0 Å². The maximum atomic E-state index is 11.7. The Balaban J connectivity index is 3.01. The third kappa shape index (κ3) is 3.95. The fourth-order valence-electron chi connectivity index (χ4n) is 1.46. The second kappa shape index (κ2) is 6.73. The van der Waals surface area contributed by atoms with E-state index in [1.54, 1.807) is 38.1 Å². The molecule has 0 bridgehead atoms. The molecule has 0 amide bonds. The minimum Gasteiger partial charge on any atom is -0.466 e. The number of hydrogen-bond donors (Lipinski definition) is 0. The van der Waals surface area contributed by atoms with E-state index in [-0.39, 0.29) is 17.5 Å². The van der Waals surface area contributed by atoms with Crippen molar-refractivity contribution in [3.05, 3.63) is 48.0 Å². The van der Waals surface area contributed by atoms with Crippen molar-refractivity contribution >= 4 is 11.9 Å². The van der Waals surface area contributed by atoms with E-state index in [1.165, 1.54) is 7.11 Å². The summed E-state index contributed by atoms with van der Waals surface area (Å²) in [6, 6.07) is 8.98. The molecule has 102 valence electrons. The van der Waals surface area contributed by atoms with Gasteiger partial charge in [0.15, 0.2) is 6.10 Å². The summed E-state index contributed by atoms with van der Waals surface area (Å²) in [7, 11) is 1.26. The Kier molecular flexibility index (Phi) is 5.30. The Morgan fingerprint density at radius 3 is 2.21 bits per heavy atom. The SMILES string of the molecule is C=C(C(=O)OC)[C@H](OC(=O)C(C)C)c1ccccc1. The molecule has 0 aromatic heterocycles. The van der Waals surface area contributed by atoms with E-state index in [1.807, 2.05) is 6.07 Å². The summed E-state index contributed by atoms with van der Waals surface area (Å²) in [5.74, 6) is -1.26. The summed E-state index contributed by atoms with van der Waals surface area (Å²) in [6.07, 6.45) is -0.816. The molecule has 1 rings (SSSR count). The normalized spacial score (nSPS) is 11.8. The van der Waals surface area contributed by atoms with Gasteiger partial charge >= 0.3 is 11.9 Å². The van der Waals surface area contributed by atoms with Gasteiger partial charge in [0, 0.05) is 0 Å². The molecule has 4 heteroatoms. The molecule has 0 fully saturated rings. The van der Waals surface area contributed by atoms with Crippen molar-refractivity contribution in [2.75, 3.05) is 7.11 Å². The second-order valence-electron chi connectivity index (χ2n) is 4.40. The first-order chi connectivity index (χ1) is 8.97. The molecule has 1 aromatic rings. The average Bonchev–Trinajstić information content (AvgIpc) is 2.43. The van der Waals surface area contributed by atoms with Crippen LogP contribution in [0.25, 0.3) is 0 Å². The zero-order chi connectivity index (χ0) is 14.4. The van der Waals surface area contributed by atoms with E-state index in [0.717, 1.165) is 0 Å². The predicted molar refractivity (Wildman–Crippen MR) is 71.3 cm³/mol. The molecule has 0 aliphatic rings. The highest BCUT2D eigenvalue weighted by Crippen LogP contribution is 2.26. The number of ether oxygens (including phenoxy) is 2. The lowest BCUT2D eigenvalue weighted by atomic mass is 10.0. The van der Waals surface area contributed by atoms with Crippen LogP contribution < -0.4 is 0 Å². The van der Waals surface area contributed by atoms with Gasteiger partial charge in [0.05, 0.1) is 18.6 Å². The van der Waals surface area contributed by atoms with Gasteiger partial charge in [-0.25, -0.2) is 4.79 Å². The molecule has 1 atom stereocenters. The first kappa shape index (κ1) is 15.0. The summed E-state index contributed by atoms with van der Waals surface area (Å²) in [5, 5.41) is 0. The van der Waals surface area contributed by atoms with Crippen LogP contribution in [0.5, 0.6) is 0 Å². The quantitative estimate of drug-likeness (QED) is 0.604. The lowest BCUT2D eigenvalue weighted by Crippen LogP contribution is -2.21. The molecule has 19 heavy (non-hydrogen) atoms. The Bertz CT molecular complexity index is 462. The number of rotatable bonds is 5. The topological polar surface area (TPSA) is 52.6 Å². The van der Waals surface area contributed by atoms with Crippen molar-refractivity contribution in [2.45, 2.75) is 20.0 Å². The summed E-state index contributed by atoms with van der Waals surface area (Å²) in [5.41, 5.74) is 0.787. The molecule has 0 spiro atoms. The van der Waals surface area contributed by atoms with Gasteiger partial charge in [-0.2, -0.15) is 0 Å². The fraction of sp³-hybridized carbons (Fsp3) is 0.333. The largest absolute Gasteiger partial charge is 0.466 e. The van der Waals surface area contributed by atoms with Gasteiger partial charge in [-0.05, 0) is 5.56 Å². The summed E-state index contributed by atoms with van der Waals surface area (Å²) in [4.78, 5) is 23.3. The van der Waals surface area contributed by atoms with E-state index < -0.39 is 12.1 Å². The minimum absolute atomic E-state index is 0.0997. The van der Waals surface area contributed by atoms with Crippen LogP contribution in [0.15, 0.2) is 42.5 Å². The van der Waals surface area contributed by atoms with Crippen LogP contribution >= 0.6 is 0 Å². The van der Waals surface area contributed by atoms with Gasteiger partial charge in [-0.3, -0.25) is 4.79 Å². The smallest absolute Gasteiger partial charge is 0.337 e. The standard InChI is InChI=1S/C15H18O4/c1-10(2)14(16)19-13(11(3)15(17)18-4)12-8-6-5-7-9-12/h5-10,13H,3H2,1-2,4H3/t13-/m0/s1. The number of hydrogen-bond acceptors (Lipinski definition) is 4. The van der Waals surface area contributed by atoms with Crippen LogP contribution in [0.1, 0.15) is 25.5 Å². The molecule has 4 nitrogen and oxygen atoms in total. The molecule has 0 N–H and O–H groups in total. The van der Waals surface area contributed by atoms with Crippen molar-refractivity contribution in [1.29, 1.82) is 0 Å². The van der Waals surface area contributed by atoms with E-state index in [0.29, 0.717) is 5.56 Å². The number of carbonyl (C=O) groups excluding carboxylic acids is 2. The Morgan fingerprint density at radius 1 is 1.16 bits per heavy atom. The van der Waals surface area contributed by atoms with Crippen LogP contribution in [-0.2, 0) is 19.1 Å². The van der Waals surface area contributed by atoms with Gasteiger partial charge < -0.3 is 9.47 Å². The van der Waals surface area contributed by atoms with Crippen molar-refractivity contribution in [3.8, 4) is 0 Å². The minimum atomic E-state index is -0.816. The molecule has 0 aliphatic heterocycles. The molecule has 0 aliphatic carbocycles.